The highest BCUT2D eigenvalue weighted by molar-refractivity contribution is 5.90. The number of nitrogens with zero attached hydrogens (tertiary/aromatic N) is 3. The minimum Gasteiger partial charge on any atom is -0.442 e. The van der Waals surface area contributed by atoms with E-state index >= 15 is 4.39 Å². The number of carbonyl (C=O) groups is 2. The molecule has 10 heteroatoms. The molecule has 0 spiro atoms. The van der Waals surface area contributed by atoms with Gasteiger partial charge in [0.2, 0.25) is 5.91 Å². The Bertz CT molecular complexity index is 1020. The van der Waals surface area contributed by atoms with Crippen molar-refractivity contribution in [3.63, 3.8) is 0 Å². The van der Waals surface area contributed by atoms with Crippen molar-refractivity contribution >= 4 is 29.1 Å². The Morgan fingerprint density at radius 3 is 2.85 bits per heavy atom. The van der Waals surface area contributed by atoms with Gasteiger partial charge in [0.05, 0.1) is 24.5 Å². The molecule has 0 saturated carbocycles. The van der Waals surface area contributed by atoms with Gasteiger partial charge in [0, 0.05) is 45.3 Å². The molecule has 33 heavy (non-hydrogen) atoms. The van der Waals surface area contributed by atoms with Crippen LogP contribution in [0.15, 0.2) is 42.5 Å². The largest absolute Gasteiger partial charge is 0.442 e. The van der Waals surface area contributed by atoms with Crippen LogP contribution in [0.2, 0.25) is 0 Å². The maximum Gasteiger partial charge on any atom is 0.414 e. The average Bonchev–Trinajstić information content (AvgIpc) is 2.99. The Kier molecular flexibility index (Phi) is 6.95. The molecule has 0 unspecified atom stereocenters. The third-order valence-electron chi connectivity index (χ3n) is 5.72. The van der Waals surface area contributed by atoms with E-state index in [0.717, 1.165) is 11.3 Å². The molecule has 2 saturated heterocycles. The van der Waals surface area contributed by atoms with Crippen LogP contribution in [0.3, 0.4) is 0 Å². The van der Waals surface area contributed by atoms with Crippen LogP contribution in [0.5, 0.6) is 0 Å². The van der Waals surface area contributed by atoms with E-state index < -0.39 is 18.0 Å². The van der Waals surface area contributed by atoms with Crippen molar-refractivity contribution in [2.45, 2.75) is 19.6 Å². The predicted molar refractivity (Wildman–Crippen MR) is 124 cm³/mol. The van der Waals surface area contributed by atoms with Crippen LogP contribution in [0, 0.1) is 5.82 Å². The number of hydrogen-bond acceptors (Lipinski definition) is 7. The number of carbonyl (C=O) groups excluding carboxylic acids is 2. The molecule has 176 valence electrons. The normalized spacial score (nSPS) is 19.3. The van der Waals surface area contributed by atoms with Crippen LogP contribution in [-0.2, 0) is 16.1 Å². The lowest BCUT2D eigenvalue weighted by molar-refractivity contribution is -0.119. The van der Waals surface area contributed by atoms with Gasteiger partial charge in [-0.05, 0) is 35.9 Å². The molecule has 1 atom stereocenters. The highest BCUT2D eigenvalue weighted by Crippen LogP contribution is 2.28. The van der Waals surface area contributed by atoms with E-state index in [9.17, 15) is 9.59 Å². The van der Waals surface area contributed by atoms with Crippen LogP contribution in [0.4, 0.5) is 26.2 Å². The summed E-state index contributed by atoms with van der Waals surface area (Å²) in [6.45, 7) is 5.26. The van der Waals surface area contributed by atoms with Gasteiger partial charge in [-0.25, -0.2) is 14.2 Å². The molecule has 2 heterocycles. The van der Waals surface area contributed by atoms with Crippen LogP contribution >= 0.6 is 0 Å². The number of ether oxygens (including phenoxy) is 1. The maximum absolute atomic E-state index is 15.1. The van der Waals surface area contributed by atoms with E-state index in [1.54, 1.807) is 12.1 Å². The number of nitrogens with one attached hydrogen (secondary N) is 2. The molecule has 4 rings (SSSR count). The van der Waals surface area contributed by atoms with E-state index in [0.29, 0.717) is 44.1 Å². The van der Waals surface area contributed by atoms with Gasteiger partial charge in [-0.2, -0.15) is 0 Å². The lowest BCUT2D eigenvalue weighted by Gasteiger charge is -2.24. The quantitative estimate of drug-likeness (QED) is 0.569. The average molecular weight is 457 g/mol. The van der Waals surface area contributed by atoms with E-state index in [4.69, 9.17) is 10.5 Å². The molecule has 2 aromatic carbocycles. The summed E-state index contributed by atoms with van der Waals surface area (Å²) in [7, 11) is 0. The number of halogens is 1. The first-order valence-electron chi connectivity index (χ1n) is 11.0. The monoisotopic (exact) mass is 456 g/mol. The van der Waals surface area contributed by atoms with Gasteiger partial charge in [0.15, 0.2) is 0 Å². The molecule has 2 aliphatic rings. The molecular weight excluding hydrogens is 427 g/mol. The summed E-state index contributed by atoms with van der Waals surface area (Å²) in [5.74, 6) is -0.590. The third-order valence-corrected chi connectivity index (χ3v) is 5.72. The lowest BCUT2D eigenvalue weighted by Crippen LogP contribution is -2.38. The van der Waals surface area contributed by atoms with Gasteiger partial charge >= 0.3 is 6.09 Å². The molecule has 2 fully saturated rings. The van der Waals surface area contributed by atoms with Gasteiger partial charge in [0.1, 0.15) is 11.9 Å². The second kappa shape index (κ2) is 10.1. The van der Waals surface area contributed by atoms with Crippen molar-refractivity contribution in [3.8, 4) is 0 Å². The second-order valence-corrected chi connectivity index (χ2v) is 8.25. The molecular formula is C23H29FN6O3. The Morgan fingerprint density at radius 1 is 1.24 bits per heavy atom. The Balaban J connectivity index is 1.38. The van der Waals surface area contributed by atoms with Gasteiger partial charge in [-0.1, -0.05) is 12.1 Å². The van der Waals surface area contributed by atoms with E-state index in [1.165, 1.54) is 17.9 Å². The number of amides is 2. The molecule has 0 aromatic heterocycles. The number of anilines is 3. The van der Waals surface area contributed by atoms with Crippen molar-refractivity contribution in [2.24, 2.45) is 0 Å². The topological polar surface area (TPSA) is 103 Å². The van der Waals surface area contributed by atoms with Crippen molar-refractivity contribution in [1.29, 1.82) is 0 Å². The smallest absolute Gasteiger partial charge is 0.414 e. The van der Waals surface area contributed by atoms with Crippen LogP contribution in [0.1, 0.15) is 12.5 Å². The van der Waals surface area contributed by atoms with Crippen LogP contribution < -0.4 is 26.3 Å². The summed E-state index contributed by atoms with van der Waals surface area (Å²) in [6, 6.07) is 12.6. The molecule has 2 amide bonds. The summed E-state index contributed by atoms with van der Waals surface area (Å²) >= 11 is 0. The number of benzene rings is 2. The molecule has 9 nitrogen and oxygen atoms in total. The Morgan fingerprint density at radius 2 is 2.09 bits per heavy atom. The van der Waals surface area contributed by atoms with Crippen LogP contribution in [-0.4, -0.2) is 62.4 Å². The van der Waals surface area contributed by atoms with Crippen molar-refractivity contribution in [2.75, 3.05) is 54.8 Å². The van der Waals surface area contributed by atoms with Crippen molar-refractivity contribution in [1.82, 2.24) is 15.8 Å². The number of cyclic esters (lactones) is 1. The van der Waals surface area contributed by atoms with Gasteiger partial charge in [-0.3, -0.25) is 15.1 Å². The highest BCUT2D eigenvalue weighted by atomic mass is 19.1. The molecule has 2 aliphatic heterocycles. The summed E-state index contributed by atoms with van der Waals surface area (Å²) in [5, 5.41) is 4.74. The van der Waals surface area contributed by atoms with Gasteiger partial charge < -0.3 is 20.7 Å². The Hall–Kier alpha value is -3.37. The molecule has 4 N–H and O–H groups in total. The molecule has 2 aromatic rings. The predicted octanol–water partition coefficient (Wildman–Crippen LogP) is 1.70. The van der Waals surface area contributed by atoms with Gasteiger partial charge in [0.25, 0.3) is 0 Å². The summed E-state index contributed by atoms with van der Waals surface area (Å²) in [4.78, 5) is 26.7. The highest BCUT2D eigenvalue weighted by Gasteiger charge is 2.33. The summed E-state index contributed by atoms with van der Waals surface area (Å²) < 4.78 is 20.3. The first-order valence-corrected chi connectivity index (χ1v) is 11.0. The third kappa shape index (κ3) is 5.71. The Labute approximate surface area is 192 Å². The first-order chi connectivity index (χ1) is 15.9. The SMILES string of the molecule is CC(=O)NC[C@H]1CN(c2ccc(N3CCNN(Cc4cccc(N)c4)CC3)c(F)c2)C(=O)O1. The van der Waals surface area contributed by atoms with E-state index in [2.05, 4.69) is 15.8 Å². The minimum absolute atomic E-state index is 0.196. The zero-order valence-electron chi connectivity index (χ0n) is 18.6. The fourth-order valence-corrected chi connectivity index (χ4v) is 4.08. The number of hydrazine groups is 1. The van der Waals surface area contributed by atoms with E-state index in [1.807, 2.05) is 29.2 Å². The number of hydrogen-bond donors (Lipinski definition) is 3. The summed E-state index contributed by atoms with van der Waals surface area (Å²) in [5.41, 5.74) is 12.0. The fourth-order valence-electron chi connectivity index (χ4n) is 4.08. The minimum atomic E-state index is -0.548. The van der Waals surface area contributed by atoms with E-state index in [-0.39, 0.29) is 19.0 Å². The van der Waals surface area contributed by atoms with Crippen LogP contribution in [0.25, 0.3) is 0 Å². The molecule has 0 aliphatic carbocycles. The van der Waals surface area contributed by atoms with Crippen molar-refractivity contribution in [3.05, 3.63) is 53.8 Å². The fraction of sp³-hybridized carbons (Fsp3) is 0.391. The number of nitrogens with two attached hydrogens (primary N) is 1. The zero-order chi connectivity index (χ0) is 23.4. The standard InChI is InChI=1S/C23H29FN6O3/c1-16(31)26-13-20-15-30(23(32)33-20)19-5-6-22(21(24)12-19)28-8-7-27-29(10-9-28)14-17-3-2-4-18(25)11-17/h2-6,11-12,20,27H,7-10,13-15,25H2,1H3,(H,26,31)/t20-/m0/s1. The lowest BCUT2D eigenvalue weighted by atomic mass is 10.2. The maximum atomic E-state index is 15.1. The van der Waals surface area contributed by atoms with Crippen molar-refractivity contribution < 1.29 is 18.7 Å². The summed E-state index contributed by atoms with van der Waals surface area (Å²) in [6.07, 6.45) is -1.01. The first kappa shape index (κ1) is 22.8. The number of rotatable bonds is 6. The molecule has 0 radical (unpaired) electrons. The molecule has 0 bridgehead atoms. The number of nitrogen functional groups attached to an aromatic ring is 1. The second-order valence-electron chi connectivity index (χ2n) is 8.25. The van der Waals surface area contributed by atoms with Gasteiger partial charge in [-0.15, -0.1) is 0 Å². The zero-order valence-corrected chi connectivity index (χ0v) is 18.6.